The first-order valence-electron chi connectivity index (χ1n) is 5.90. The second-order valence-corrected chi connectivity index (χ2v) is 7.30. The predicted octanol–water partition coefficient (Wildman–Crippen LogP) is 3.26. The van der Waals surface area contributed by atoms with Crippen molar-refractivity contribution >= 4 is 60.8 Å². The van der Waals surface area contributed by atoms with Crippen molar-refractivity contribution in [1.29, 1.82) is 0 Å². The van der Waals surface area contributed by atoms with Crippen LogP contribution in [-0.4, -0.2) is 30.4 Å². The van der Waals surface area contributed by atoms with Crippen molar-refractivity contribution in [2.45, 2.75) is 4.90 Å². The van der Waals surface area contributed by atoms with Crippen LogP contribution in [0.3, 0.4) is 0 Å². The van der Waals surface area contributed by atoms with Gasteiger partial charge in [0.15, 0.2) is 0 Å². The second-order valence-electron chi connectivity index (χ2n) is 4.11. The molecule has 0 spiro atoms. The number of ether oxygens (including phenoxy) is 1. The lowest BCUT2D eigenvalue weighted by molar-refractivity contribution is -0.390. The molecule has 2 aromatic rings. The van der Waals surface area contributed by atoms with Crippen LogP contribution in [0.1, 0.15) is 0 Å². The van der Waals surface area contributed by atoms with E-state index in [2.05, 4.69) is 25.9 Å². The van der Waals surface area contributed by atoms with Gasteiger partial charge in [-0.2, -0.15) is 4.98 Å². The minimum atomic E-state index is -4.24. The van der Waals surface area contributed by atoms with Crippen molar-refractivity contribution < 1.29 is 18.1 Å². The van der Waals surface area contributed by atoms with E-state index in [4.69, 9.17) is 27.9 Å². The van der Waals surface area contributed by atoms with Gasteiger partial charge in [0.05, 0.1) is 17.2 Å². The summed E-state index contributed by atoms with van der Waals surface area (Å²) >= 11 is 14.5. The maximum atomic E-state index is 12.4. The third-order valence-electron chi connectivity index (χ3n) is 2.61. The zero-order valence-electron chi connectivity index (χ0n) is 11.7. The van der Waals surface area contributed by atoms with Gasteiger partial charge in [-0.15, -0.1) is 0 Å². The predicted molar refractivity (Wildman–Crippen MR) is 90.2 cm³/mol. The molecule has 9 nitrogen and oxygen atoms in total. The van der Waals surface area contributed by atoms with E-state index >= 15 is 0 Å². The van der Waals surface area contributed by atoms with Gasteiger partial charge in [-0.1, -0.05) is 29.3 Å². The molecule has 0 aliphatic carbocycles. The van der Waals surface area contributed by atoms with Crippen LogP contribution in [0, 0.1) is 10.1 Å². The number of aromatic nitrogens is 2. The number of sulfonamides is 1. The van der Waals surface area contributed by atoms with Crippen LogP contribution in [0.5, 0.6) is 5.88 Å². The molecule has 24 heavy (non-hydrogen) atoms. The van der Waals surface area contributed by atoms with Gasteiger partial charge in [0.25, 0.3) is 15.9 Å². The van der Waals surface area contributed by atoms with E-state index in [0.29, 0.717) is 0 Å². The minimum Gasteiger partial charge on any atom is -0.477 e. The van der Waals surface area contributed by atoms with Crippen LogP contribution in [0.4, 0.5) is 11.6 Å². The van der Waals surface area contributed by atoms with Gasteiger partial charge in [0.2, 0.25) is 4.60 Å². The Kier molecular flexibility index (Phi) is 5.48. The smallest absolute Gasteiger partial charge is 0.399 e. The molecular formula is C11H7BrCl2N4O5S. The highest BCUT2D eigenvalue weighted by Crippen LogP contribution is 2.33. The summed E-state index contributed by atoms with van der Waals surface area (Å²) in [6.45, 7) is 0. The Morgan fingerprint density at radius 1 is 1.33 bits per heavy atom. The molecule has 0 atom stereocenters. The van der Waals surface area contributed by atoms with Crippen molar-refractivity contribution in [3.63, 3.8) is 0 Å². The summed E-state index contributed by atoms with van der Waals surface area (Å²) in [4.78, 5) is 17.1. The number of nitrogens with one attached hydrogen (secondary N) is 1. The lowest BCUT2D eigenvalue weighted by Crippen LogP contribution is -2.16. The second kappa shape index (κ2) is 7.05. The molecule has 1 aromatic heterocycles. The summed E-state index contributed by atoms with van der Waals surface area (Å²) in [5.74, 6) is -1.43. The first-order valence-corrected chi connectivity index (χ1v) is 8.93. The van der Waals surface area contributed by atoms with Gasteiger partial charge < -0.3 is 14.9 Å². The van der Waals surface area contributed by atoms with E-state index in [-0.39, 0.29) is 25.4 Å². The number of halogens is 3. The van der Waals surface area contributed by atoms with Crippen LogP contribution < -0.4 is 9.46 Å². The molecular weight excluding hydrogens is 451 g/mol. The summed E-state index contributed by atoms with van der Waals surface area (Å²) in [6, 6.07) is 4.01. The minimum absolute atomic E-state index is 0.0272. The monoisotopic (exact) mass is 456 g/mol. The average Bonchev–Trinajstić information content (AvgIpc) is 2.50. The number of methoxy groups -OCH3 is 1. The number of benzene rings is 1. The van der Waals surface area contributed by atoms with Crippen LogP contribution in [0.2, 0.25) is 10.0 Å². The first-order chi connectivity index (χ1) is 11.2. The van der Waals surface area contributed by atoms with Crippen molar-refractivity contribution in [3.8, 4) is 5.88 Å². The molecule has 1 N–H and O–H groups in total. The van der Waals surface area contributed by atoms with Crippen LogP contribution in [0.15, 0.2) is 27.7 Å². The molecule has 0 aliphatic heterocycles. The number of hydrogen-bond donors (Lipinski definition) is 1. The van der Waals surface area contributed by atoms with Crippen LogP contribution in [-0.2, 0) is 10.0 Å². The first kappa shape index (κ1) is 18.6. The van der Waals surface area contributed by atoms with E-state index < -0.39 is 26.6 Å². The zero-order valence-corrected chi connectivity index (χ0v) is 15.6. The molecule has 0 amide bonds. The Labute approximate surface area is 154 Å². The van der Waals surface area contributed by atoms with Crippen molar-refractivity contribution in [2.75, 3.05) is 11.8 Å². The van der Waals surface area contributed by atoms with E-state index in [1.165, 1.54) is 25.3 Å². The molecule has 0 unspecified atom stereocenters. The summed E-state index contributed by atoms with van der Waals surface area (Å²) in [6.07, 6.45) is 0. The van der Waals surface area contributed by atoms with Gasteiger partial charge in [0.1, 0.15) is 4.90 Å². The van der Waals surface area contributed by atoms with Crippen molar-refractivity contribution in [3.05, 3.63) is 43.0 Å². The Morgan fingerprint density at radius 3 is 2.58 bits per heavy atom. The summed E-state index contributed by atoms with van der Waals surface area (Å²) in [5.41, 5.74) is 0. The molecule has 0 saturated heterocycles. The van der Waals surface area contributed by atoms with Gasteiger partial charge >= 0.3 is 11.6 Å². The lowest BCUT2D eigenvalue weighted by atomic mass is 10.4. The number of anilines is 1. The van der Waals surface area contributed by atoms with Gasteiger partial charge in [-0.3, -0.25) is 0 Å². The fourth-order valence-corrected chi connectivity index (χ4v) is 3.75. The maximum absolute atomic E-state index is 12.4. The topological polar surface area (TPSA) is 124 Å². The Hall–Kier alpha value is -1.69. The quantitative estimate of drug-likeness (QED) is 0.539. The van der Waals surface area contributed by atoms with E-state index in [1.807, 2.05) is 4.72 Å². The van der Waals surface area contributed by atoms with Gasteiger partial charge in [-0.05, 0) is 38.0 Å². The third kappa shape index (κ3) is 3.69. The molecule has 0 aliphatic rings. The Bertz CT molecular complexity index is 925. The fourth-order valence-electron chi connectivity index (χ4n) is 1.59. The normalized spacial score (nSPS) is 11.2. The molecule has 0 saturated carbocycles. The molecule has 2 rings (SSSR count). The molecule has 128 valence electrons. The highest BCUT2D eigenvalue weighted by Gasteiger charge is 2.28. The highest BCUT2D eigenvalue weighted by atomic mass is 79.9. The molecule has 1 aromatic carbocycles. The highest BCUT2D eigenvalue weighted by molar-refractivity contribution is 9.10. The van der Waals surface area contributed by atoms with Crippen LogP contribution in [0.25, 0.3) is 0 Å². The van der Waals surface area contributed by atoms with Gasteiger partial charge in [-0.25, -0.2) is 13.1 Å². The van der Waals surface area contributed by atoms with E-state index in [0.717, 1.165) is 0 Å². The molecule has 0 fully saturated rings. The Morgan fingerprint density at radius 2 is 2.00 bits per heavy atom. The van der Waals surface area contributed by atoms with E-state index in [9.17, 15) is 18.5 Å². The fraction of sp³-hybridized carbons (Fsp3) is 0.0909. The molecule has 13 heteroatoms. The summed E-state index contributed by atoms with van der Waals surface area (Å²) < 4.78 is 31.6. The van der Waals surface area contributed by atoms with Gasteiger partial charge in [0, 0.05) is 0 Å². The standard InChI is InChI=1S/C11H7BrCl2N4O5S/c1-23-11-9(16-10(18(19)20)8(12)15-11)17-24(21,22)6-4-2-3-5(13)7(6)14/h2-4H,1H3,(H,16,17). The van der Waals surface area contributed by atoms with Crippen LogP contribution >= 0.6 is 39.1 Å². The molecule has 0 radical (unpaired) electrons. The van der Waals surface area contributed by atoms with Crippen molar-refractivity contribution in [1.82, 2.24) is 9.97 Å². The molecule has 1 heterocycles. The largest absolute Gasteiger partial charge is 0.477 e. The van der Waals surface area contributed by atoms with Crippen molar-refractivity contribution in [2.24, 2.45) is 0 Å². The molecule has 0 bridgehead atoms. The third-order valence-corrected chi connectivity index (χ3v) is 5.45. The van der Waals surface area contributed by atoms with E-state index in [1.54, 1.807) is 0 Å². The number of hydrogen-bond acceptors (Lipinski definition) is 7. The number of nitrogens with zero attached hydrogens (tertiary/aromatic N) is 3. The SMILES string of the molecule is COc1nc(Br)c([N+](=O)[O-])nc1NS(=O)(=O)c1cccc(Cl)c1Cl. The average molecular weight is 458 g/mol. The lowest BCUT2D eigenvalue weighted by Gasteiger charge is -2.09. The summed E-state index contributed by atoms with van der Waals surface area (Å²) in [7, 11) is -3.04. The zero-order chi connectivity index (χ0) is 18.1. The number of rotatable bonds is 5. The maximum Gasteiger partial charge on any atom is 0.399 e. The number of nitro groups is 1. The Balaban J connectivity index is 2.55. The summed E-state index contributed by atoms with van der Waals surface area (Å²) in [5, 5.41) is 10.7.